The summed E-state index contributed by atoms with van der Waals surface area (Å²) in [5.74, 6) is 0.957. The molecule has 1 aromatic heterocycles. The highest BCUT2D eigenvalue weighted by atomic mass is 16.5. The van der Waals surface area contributed by atoms with Crippen LogP contribution in [0.2, 0.25) is 0 Å². The van der Waals surface area contributed by atoms with E-state index in [0.717, 1.165) is 25.4 Å². The Labute approximate surface area is 121 Å². The summed E-state index contributed by atoms with van der Waals surface area (Å²) in [5, 5.41) is 4.72. The third kappa shape index (κ3) is 4.01. The molecule has 0 fully saturated rings. The van der Waals surface area contributed by atoms with Crippen LogP contribution in [0.1, 0.15) is 33.6 Å². The summed E-state index contributed by atoms with van der Waals surface area (Å²) in [7, 11) is 0. The van der Waals surface area contributed by atoms with Crippen LogP contribution in [-0.4, -0.2) is 23.8 Å². The van der Waals surface area contributed by atoms with E-state index in [1.54, 1.807) is 0 Å². The van der Waals surface area contributed by atoms with E-state index in [2.05, 4.69) is 54.2 Å². The van der Waals surface area contributed by atoms with Gasteiger partial charge in [-0.3, -0.25) is 0 Å². The van der Waals surface area contributed by atoms with Crippen LogP contribution in [0.15, 0.2) is 30.5 Å². The summed E-state index contributed by atoms with van der Waals surface area (Å²) >= 11 is 0. The van der Waals surface area contributed by atoms with Crippen molar-refractivity contribution in [2.45, 2.75) is 46.2 Å². The van der Waals surface area contributed by atoms with Crippen LogP contribution in [0, 0.1) is 0 Å². The maximum absolute atomic E-state index is 5.54. The molecule has 0 aliphatic heterocycles. The molecular weight excluding hydrogens is 248 g/mol. The highest BCUT2D eigenvalue weighted by Crippen LogP contribution is 2.22. The van der Waals surface area contributed by atoms with Crippen LogP contribution in [0.5, 0.6) is 5.75 Å². The lowest BCUT2D eigenvalue weighted by molar-refractivity contribution is 0.340. The van der Waals surface area contributed by atoms with E-state index < -0.39 is 0 Å². The van der Waals surface area contributed by atoms with E-state index in [1.165, 1.54) is 23.7 Å². The number of aryl methyl sites for hydroxylation is 1. The summed E-state index contributed by atoms with van der Waals surface area (Å²) in [6.45, 7) is 9.29. The summed E-state index contributed by atoms with van der Waals surface area (Å²) in [5.41, 5.74) is 1.30. The summed E-state index contributed by atoms with van der Waals surface area (Å²) in [6.07, 6.45) is 4.60. The molecule has 1 aromatic carbocycles. The van der Waals surface area contributed by atoms with Gasteiger partial charge in [0.05, 0.1) is 6.61 Å². The third-order valence-electron chi connectivity index (χ3n) is 3.43. The number of fused-ring (bicyclic) bond motifs is 1. The predicted molar refractivity (Wildman–Crippen MR) is 85.5 cm³/mol. The summed E-state index contributed by atoms with van der Waals surface area (Å²) < 4.78 is 7.87. The van der Waals surface area contributed by atoms with Gasteiger partial charge in [0.2, 0.25) is 0 Å². The lowest BCUT2D eigenvalue weighted by atomic mass is 10.2. The molecule has 0 aliphatic carbocycles. The number of hydrogen-bond acceptors (Lipinski definition) is 2. The molecule has 0 atom stereocenters. The van der Waals surface area contributed by atoms with E-state index in [-0.39, 0.29) is 0 Å². The van der Waals surface area contributed by atoms with Crippen molar-refractivity contribution in [3.8, 4) is 5.75 Å². The van der Waals surface area contributed by atoms with Crippen LogP contribution in [0.25, 0.3) is 10.9 Å². The number of hydrogen-bond donors (Lipinski definition) is 1. The van der Waals surface area contributed by atoms with Crippen LogP contribution >= 0.6 is 0 Å². The second-order valence-corrected chi connectivity index (χ2v) is 5.48. The number of aromatic nitrogens is 1. The van der Waals surface area contributed by atoms with E-state index in [4.69, 9.17) is 4.74 Å². The number of rotatable bonds is 8. The molecular formula is C17H26N2O. The number of nitrogens with one attached hydrogen (secondary N) is 1. The fourth-order valence-corrected chi connectivity index (χ4v) is 2.43. The van der Waals surface area contributed by atoms with E-state index in [9.17, 15) is 0 Å². The van der Waals surface area contributed by atoms with Gasteiger partial charge in [-0.15, -0.1) is 0 Å². The van der Waals surface area contributed by atoms with Crippen molar-refractivity contribution >= 4 is 10.9 Å². The first kappa shape index (κ1) is 14.9. The van der Waals surface area contributed by atoms with Gasteiger partial charge in [0.25, 0.3) is 0 Å². The van der Waals surface area contributed by atoms with Crippen LogP contribution < -0.4 is 10.1 Å². The number of ether oxygens (including phenoxy) is 1. The van der Waals surface area contributed by atoms with E-state index in [1.807, 2.05) is 6.92 Å². The number of unbranched alkanes of at least 4 members (excludes halogenated alkanes) is 1. The maximum atomic E-state index is 5.54. The molecule has 0 amide bonds. The van der Waals surface area contributed by atoms with E-state index in [0.29, 0.717) is 6.04 Å². The molecule has 0 unspecified atom stereocenters. The molecule has 3 heteroatoms. The van der Waals surface area contributed by atoms with Gasteiger partial charge in [0.15, 0.2) is 0 Å². The molecule has 0 aliphatic rings. The van der Waals surface area contributed by atoms with Crippen LogP contribution in [0.4, 0.5) is 0 Å². The molecule has 20 heavy (non-hydrogen) atoms. The van der Waals surface area contributed by atoms with Crippen molar-refractivity contribution in [2.75, 3.05) is 13.2 Å². The van der Waals surface area contributed by atoms with Gasteiger partial charge in [-0.2, -0.15) is 0 Å². The Hall–Kier alpha value is -1.48. The molecule has 2 rings (SSSR count). The van der Waals surface area contributed by atoms with Crippen molar-refractivity contribution in [3.05, 3.63) is 30.5 Å². The van der Waals surface area contributed by atoms with Crippen LogP contribution in [-0.2, 0) is 6.54 Å². The monoisotopic (exact) mass is 274 g/mol. The Morgan fingerprint density at radius 2 is 2.05 bits per heavy atom. The topological polar surface area (TPSA) is 26.2 Å². The molecule has 0 spiro atoms. The zero-order chi connectivity index (χ0) is 14.4. The Morgan fingerprint density at radius 1 is 1.20 bits per heavy atom. The third-order valence-corrected chi connectivity index (χ3v) is 3.43. The minimum Gasteiger partial charge on any atom is -0.494 e. The SMILES string of the molecule is CCOc1ccc2c(ccn2CCCCNC(C)C)c1. The van der Waals surface area contributed by atoms with Gasteiger partial charge in [0.1, 0.15) is 5.75 Å². The van der Waals surface area contributed by atoms with Crippen molar-refractivity contribution in [2.24, 2.45) is 0 Å². The quantitative estimate of drug-likeness (QED) is 0.741. The molecule has 1 N–H and O–H groups in total. The molecule has 1 heterocycles. The maximum Gasteiger partial charge on any atom is 0.120 e. The van der Waals surface area contributed by atoms with Crippen molar-refractivity contribution in [3.63, 3.8) is 0 Å². The largest absolute Gasteiger partial charge is 0.494 e. The highest BCUT2D eigenvalue weighted by Gasteiger charge is 2.02. The van der Waals surface area contributed by atoms with Gasteiger partial charge in [0, 0.05) is 29.7 Å². The Kier molecular flexibility index (Phi) is 5.48. The molecule has 2 aromatic rings. The zero-order valence-electron chi connectivity index (χ0n) is 12.9. The van der Waals surface area contributed by atoms with Gasteiger partial charge >= 0.3 is 0 Å². The smallest absolute Gasteiger partial charge is 0.120 e. The first-order valence-electron chi connectivity index (χ1n) is 7.65. The minimum atomic E-state index is 0.583. The van der Waals surface area contributed by atoms with Gasteiger partial charge in [-0.1, -0.05) is 13.8 Å². The first-order chi connectivity index (χ1) is 9.70. The second kappa shape index (κ2) is 7.34. The Bertz CT molecular complexity index is 531. The average Bonchev–Trinajstić information content (AvgIpc) is 2.81. The number of benzene rings is 1. The zero-order valence-corrected chi connectivity index (χ0v) is 12.9. The summed E-state index contributed by atoms with van der Waals surface area (Å²) in [4.78, 5) is 0. The lowest BCUT2D eigenvalue weighted by Gasteiger charge is -2.09. The average molecular weight is 274 g/mol. The Morgan fingerprint density at radius 3 is 2.80 bits per heavy atom. The molecule has 0 radical (unpaired) electrons. The minimum absolute atomic E-state index is 0.583. The van der Waals surface area contributed by atoms with Crippen LogP contribution in [0.3, 0.4) is 0 Å². The molecule has 3 nitrogen and oxygen atoms in total. The van der Waals surface area contributed by atoms with Crippen molar-refractivity contribution < 1.29 is 4.74 Å². The molecule has 0 saturated carbocycles. The van der Waals surface area contributed by atoms with Gasteiger partial charge in [-0.05, 0) is 50.6 Å². The van der Waals surface area contributed by atoms with Crippen molar-refractivity contribution in [1.29, 1.82) is 0 Å². The Balaban J connectivity index is 1.90. The molecule has 0 saturated heterocycles. The van der Waals surface area contributed by atoms with Crippen molar-refractivity contribution in [1.82, 2.24) is 9.88 Å². The molecule has 110 valence electrons. The fraction of sp³-hybridized carbons (Fsp3) is 0.529. The predicted octanol–water partition coefficient (Wildman–Crippen LogP) is 3.82. The first-order valence-corrected chi connectivity index (χ1v) is 7.65. The standard InChI is InChI=1S/C17H26N2O/c1-4-20-16-7-8-17-15(13-16)9-12-19(17)11-6-5-10-18-14(2)3/h7-9,12-14,18H,4-6,10-11H2,1-3H3. The second-order valence-electron chi connectivity index (χ2n) is 5.48. The molecule has 0 bridgehead atoms. The van der Waals surface area contributed by atoms with Gasteiger partial charge in [-0.25, -0.2) is 0 Å². The highest BCUT2D eigenvalue weighted by molar-refractivity contribution is 5.81. The lowest BCUT2D eigenvalue weighted by Crippen LogP contribution is -2.23. The van der Waals surface area contributed by atoms with E-state index >= 15 is 0 Å². The fourth-order valence-electron chi connectivity index (χ4n) is 2.43. The normalized spacial score (nSPS) is 11.4. The number of nitrogens with zero attached hydrogens (tertiary/aromatic N) is 1. The van der Waals surface area contributed by atoms with Gasteiger partial charge < -0.3 is 14.6 Å². The summed E-state index contributed by atoms with van der Waals surface area (Å²) in [6, 6.07) is 9.09.